The van der Waals surface area contributed by atoms with E-state index in [1.165, 1.54) is 0 Å². The number of aldehydes is 1. The number of aliphatic carboxylic acids is 2. The van der Waals surface area contributed by atoms with Crippen molar-refractivity contribution in [3.63, 3.8) is 0 Å². The van der Waals surface area contributed by atoms with E-state index in [0.29, 0.717) is 12.0 Å². The Bertz CT molecular complexity index is 967. The van der Waals surface area contributed by atoms with E-state index < -0.39 is 36.2 Å². The molecule has 0 aliphatic rings. The van der Waals surface area contributed by atoms with E-state index >= 15 is 0 Å². The van der Waals surface area contributed by atoms with Crippen LogP contribution in [0, 0.1) is 5.92 Å². The van der Waals surface area contributed by atoms with E-state index in [1.54, 1.807) is 13.0 Å². The van der Waals surface area contributed by atoms with Gasteiger partial charge in [-0.05, 0) is 17.4 Å². The van der Waals surface area contributed by atoms with Crippen molar-refractivity contribution in [2.24, 2.45) is 5.92 Å². The Hall–Kier alpha value is -3.95. The number of hydrogen-bond acceptors (Lipinski definition) is 6. The van der Waals surface area contributed by atoms with Gasteiger partial charge in [0, 0.05) is 11.8 Å². The van der Waals surface area contributed by atoms with Crippen molar-refractivity contribution in [2.45, 2.75) is 46.6 Å². The van der Waals surface area contributed by atoms with Gasteiger partial charge in [-0.3, -0.25) is 19.2 Å². The normalized spacial score (nSPS) is 10.5. The quantitative estimate of drug-likeness (QED) is 0.370. The summed E-state index contributed by atoms with van der Waals surface area (Å²) in [7, 11) is 0. The molecule has 10 heteroatoms. The molecule has 2 aromatic carbocycles. The van der Waals surface area contributed by atoms with Crippen molar-refractivity contribution in [3.8, 4) is 5.75 Å². The van der Waals surface area contributed by atoms with E-state index in [9.17, 15) is 24.0 Å². The maximum atomic E-state index is 11.8. The van der Waals surface area contributed by atoms with Crippen LogP contribution in [0.15, 0.2) is 42.5 Å². The van der Waals surface area contributed by atoms with Gasteiger partial charge in [0.05, 0.1) is 19.0 Å². The first kappa shape index (κ1) is 31.0. The molecular formula is C25H34N2O8. The summed E-state index contributed by atoms with van der Waals surface area (Å²) in [4.78, 5) is 54.0. The van der Waals surface area contributed by atoms with E-state index in [0.717, 1.165) is 16.7 Å². The Labute approximate surface area is 204 Å². The monoisotopic (exact) mass is 490 g/mol. The Kier molecular flexibility index (Phi) is 15.5. The fourth-order valence-corrected chi connectivity index (χ4v) is 2.27. The van der Waals surface area contributed by atoms with Crippen LogP contribution in [0.25, 0.3) is 10.8 Å². The van der Waals surface area contributed by atoms with E-state index in [2.05, 4.69) is 31.4 Å². The van der Waals surface area contributed by atoms with Crippen LogP contribution in [0.5, 0.6) is 5.75 Å². The van der Waals surface area contributed by atoms with E-state index in [4.69, 9.17) is 14.9 Å². The summed E-state index contributed by atoms with van der Waals surface area (Å²) in [6, 6.07) is 11.9. The van der Waals surface area contributed by atoms with Gasteiger partial charge in [0.25, 0.3) is 5.91 Å². The lowest BCUT2D eigenvalue weighted by atomic mass is 10.1. The summed E-state index contributed by atoms with van der Waals surface area (Å²) >= 11 is 0. The van der Waals surface area contributed by atoms with Crippen molar-refractivity contribution in [3.05, 3.63) is 42.5 Å². The van der Waals surface area contributed by atoms with Gasteiger partial charge in [0.1, 0.15) is 12.0 Å². The number of benzene rings is 2. The predicted octanol–water partition coefficient (Wildman–Crippen LogP) is 2.64. The van der Waals surface area contributed by atoms with Gasteiger partial charge in [-0.25, -0.2) is 0 Å². The molecule has 2 rings (SSSR count). The SMILES string of the molecule is CC(C)C.CCC(=O)O.O=C[C@H](CC(=O)O)NC(=O)CNC(=O)COc1cccc2ccccc12. The Morgan fingerprint density at radius 1 is 0.943 bits per heavy atom. The number of ether oxygens (including phenoxy) is 1. The lowest BCUT2D eigenvalue weighted by Crippen LogP contribution is -2.44. The molecule has 0 radical (unpaired) electrons. The molecule has 2 amide bonds. The highest BCUT2D eigenvalue weighted by atomic mass is 16.5. The summed E-state index contributed by atoms with van der Waals surface area (Å²) in [5.74, 6) is -1.76. The van der Waals surface area contributed by atoms with Gasteiger partial charge in [0.2, 0.25) is 5.91 Å². The fourth-order valence-electron chi connectivity index (χ4n) is 2.27. The molecule has 0 saturated carbocycles. The summed E-state index contributed by atoms with van der Waals surface area (Å²) in [5.41, 5.74) is 0. The number of hydrogen-bond donors (Lipinski definition) is 4. The lowest BCUT2D eigenvalue weighted by Gasteiger charge is -2.12. The number of rotatable bonds is 10. The highest BCUT2D eigenvalue weighted by Gasteiger charge is 2.15. The lowest BCUT2D eigenvalue weighted by molar-refractivity contribution is -0.139. The number of carbonyl (C=O) groups is 5. The van der Waals surface area contributed by atoms with Crippen LogP contribution in [0.1, 0.15) is 40.5 Å². The van der Waals surface area contributed by atoms with Crippen LogP contribution in [-0.2, 0) is 24.0 Å². The van der Waals surface area contributed by atoms with Crippen LogP contribution in [0.3, 0.4) is 0 Å². The molecule has 10 nitrogen and oxygen atoms in total. The van der Waals surface area contributed by atoms with Crippen LogP contribution in [-0.4, -0.2) is 59.4 Å². The third-order valence-electron chi connectivity index (χ3n) is 3.76. The van der Waals surface area contributed by atoms with Crippen molar-refractivity contribution in [1.29, 1.82) is 0 Å². The molecule has 0 saturated heterocycles. The van der Waals surface area contributed by atoms with Gasteiger partial charge in [-0.1, -0.05) is 64.1 Å². The number of carboxylic acid groups (broad SMARTS) is 2. The van der Waals surface area contributed by atoms with E-state index in [1.807, 2.05) is 36.4 Å². The van der Waals surface area contributed by atoms with Crippen molar-refractivity contribution >= 4 is 40.8 Å². The Balaban J connectivity index is 0.00000110. The molecule has 0 aliphatic carbocycles. The third kappa shape index (κ3) is 15.5. The molecule has 4 N–H and O–H groups in total. The Morgan fingerprint density at radius 3 is 2.06 bits per heavy atom. The number of carboxylic acids is 2. The number of carbonyl (C=O) groups excluding carboxylic acids is 3. The topological polar surface area (TPSA) is 159 Å². The molecule has 1 atom stereocenters. The summed E-state index contributed by atoms with van der Waals surface area (Å²) in [5, 5.41) is 22.7. The second kappa shape index (κ2) is 17.5. The maximum Gasteiger partial charge on any atom is 0.305 e. The molecule has 35 heavy (non-hydrogen) atoms. The fraction of sp³-hybridized carbons (Fsp3) is 0.400. The van der Waals surface area contributed by atoms with Gasteiger partial charge < -0.3 is 30.4 Å². The van der Waals surface area contributed by atoms with Gasteiger partial charge >= 0.3 is 11.9 Å². The highest BCUT2D eigenvalue weighted by Crippen LogP contribution is 2.24. The number of nitrogens with one attached hydrogen (secondary N) is 2. The second-order valence-corrected chi connectivity index (χ2v) is 7.93. The average molecular weight is 491 g/mol. The van der Waals surface area contributed by atoms with Crippen LogP contribution >= 0.6 is 0 Å². The second-order valence-electron chi connectivity index (χ2n) is 7.93. The first-order valence-corrected chi connectivity index (χ1v) is 11.1. The molecule has 0 unspecified atom stereocenters. The summed E-state index contributed by atoms with van der Waals surface area (Å²) in [6.45, 7) is 7.43. The minimum Gasteiger partial charge on any atom is -0.483 e. The molecule has 0 spiro atoms. The minimum atomic E-state index is -1.21. The third-order valence-corrected chi connectivity index (χ3v) is 3.76. The molecule has 0 bridgehead atoms. The molecule has 0 heterocycles. The molecule has 0 aliphatic heterocycles. The largest absolute Gasteiger partial charge is 0.483 e. The number of amides is 2. The first-order valence-electron chi connectivity index (χ1n) is 11.1. The zero-order valence-corrected chi connectivity index (χ0v) is 20.4. The van der Waals surface area contributed by atoms with Crippen molar-refractivity contribution < 1.29 is 38.9 Å². The highest BCUT2D eigenvalue weighted by molar-refractivity contribution is 5.90. The minimum absolute atomic E-state index is 0.222. The molecule has 192 valence electrons. The molecule has 0 fully saturated rings. The zero-order valence-electron chi connectivity index (χ0n) is 20.4. The summed E-state index contributed by atoms with van der Waals surface area (Å²) < 4.78 is 5.49. The Morgan fingerprint density at radius 2 is 1.51 bits per heavy atom. The van der Waals surface area contributed by atoms with E-state index in [-0.39, 0.29) is 19.6 Å². The smallest absolute Gasteiger partial charge is 0.305 e. The zero-order chi connectivity index (χ0) is 26.8. The standard InChI is InChI=1S/C18H18N2O6.C4H10.C3H6O2/c21-10-13(8-18(24)25)20-16(22)9-19-17(23)11-26-15-7-3-5-12-4-1-2-6-14(12)15;1-4(2)3;1-2-3(4)5/h1-7,10,13H,8-9,11H2,(H,19,23)(H,20,22)(H,24,25);4H,1-3H3;2H2,1H3,(H,4,5)/t13-;;/m0../s1. The van der Waals surface area contributed by atoms with Crippen LogP contribution in [0.2, 0.25) is 0 Å². The van der Waals surface area contributed by atoms with Crippen LogP contribution < -0.4 is 15.4 Å². The molecular weight excluding hydrogens is 456 g/mol. The van der Waals surface area contributed by atoms with Crippen molar-refractivity contribution in [2.75, 3.05) is 13.2 Å². The number of fused-ring (bicyclic) bond motifs is 1. The first-order chi connectivity index (χ1) is 16.5. The van der Waals surface area contributed by atoms with Crippen molar-refractivity contribution in [1.82, 2.24) is 10.6 Å². The average Bonchev–Trinajstić information content (AvgIpc) is 2.80. The van der Waals surface area contributed by atoms with Gasteiger partial charge in [-0.15, -0.1) is 0 Å². The summed E-state index contributed by atoms with van der Waals surface area (Å²) in [6.07, 6.45) is 0.0326. The molecule has 2 aromatic rings. The maximum absolute atomic E-state index is 11.8. The predicted molar refractivity (Wildman–Crippen MR) is 131 cm³/mol. The van der Waals surface area contributed by atoms with Gasteiger partial charge in [0.15, 0.2) is 6.61 Å². The molecule has 0 aromatic heterocycles. The van der Waals surface area contributed by atoms with Gasteiger partial charge in [-0.2, -0.15) is 0 Å². The van der Waals surface area contributed by atoms with Crippen LogP contribution in [0.4, 0.5) is 0 Å².